The summed E-state index contributed by atoms with van der Waals surface area (Å²) in [6.45, 7) is 2.66. The van der Waals surface area contributed by atoms with Gasteiger partial charge in [0, 0.05) is 36.3 Å². The van der Waals surface area contributed by atoms with Crippen LogP contribution in [-0.2, 0) is 14.4 Å². The molecule has 0 radical (unpaired) electrons. The number of anilines is 2. The zero-order chi connectivity index (χ0) is 30.7. The lowest BCUT2D eigenvalue weighted by Crippen LogP contribution is -2.23. The number of amides is 2. The van der Waals surface area contributed by atoms with Gasteiger partial charge in [-0.1, -0.05) is 36.4 Å². The Labute approximate surface area is 240 Å². The van der Waals surface area contributed by atoms with E-state index >= 15 is 0 Å². The topological polar surface area (TPSA) is 197 Å². The van der Waals surface area contributed by atoms with Gasteiger partial charge in [-0.25, -0.2) is 0 Å². The maximum Gasteiger partial charge on any atom is 0.221 e. The van der Waals surface area contributed by atoms with Crippen molar-refractivity contribution < 1.29 is 45.0 Å². The van der Waals surface area contributed by atoms with Crippen LogP contribution in [0.4, 0.5) is 11.4 Å². The third kappa shape index (κ3) is 5.89. The average molecular weight is 573 g/mol. The number of rotatable bonds is 8. The third-order valence-corrected chi connectivity index (χ3v) is 6.64. The average Bonchev–Trinajstić information content (AvgIpc) is 2.94. The number of ketones is 1. The number of nitrogens with one attached hydrogen (secondary N) is 2. The van der Waals surface area contributed by atoms with Crippen molar-refractivity contribution in [3.8, 4) is 34.5 Å². The smallest absolute Gasteiger partial charge is 0.221 e. The largest absolute Gasteiger partial charge is 0.504 e. The molecule has 11 nitrogen and oxygen atoms in total. The zero-order valence-corrected chi connectivity index (χ0v) is 22.5. The van der Waals surface area contributed by atoms with Gasteiger partial charge >= 0.3 is 0 Å². The summed E-state index contributed by atoms with van der Waals surface area (Å²) in [4.78, 5) is 37.6. The van der Waals surface area contributed by atoms with Crippen LogP contribution in [0.15, 0.2) is 72.8 Å². The maximum atomic E-state index is 14.6. The first-order chi connectivity index (χ1) is 19.9. The minimum Gasteiger partial charge on any atom is -0.504 e. The summed E-state index contributed by atoms with van der Waals surface area (Å²) >= 11 is 0. The molecule has 11 heteroatoms. The van der Waals surface area contributed by atoms with Crippen LogP contribution >= 0.6 is 0 Å². The van der Waals surface area contributed by atoms with E-state index in [1.807, 2.05) is 0 Å². The number of phenols is 6. The van der Waals surface area contributed by atoms with Gasteiger partial charge in [-0.15, -0.1) is 0 Å². The second-order valence-electron chi connectivity index (χ2n) is 9.62. The molecule has 0 bridgehead atoms. The Bertz CT molecular complexity index is 1540. The molecule has 0 saturated heterocycles. The molecule has 42 heavy (non-hydrogen) atoms. The monoisotopic (exact) mass is 572 g/mol. The number of hydrogen-bond donors (Lipinski definition) is 8. The fraction of sp³-hybridized carbons (Fsp3) is 0.129. The van der Waals surface area contributed by atoms with Gasteiger partial charge < -0.3 is 41.3 Å². The Morgan fingerprint density at radius 3 is 1.14 bits per heavy atom. The quantitative estimate of drug-likeness (QED) is 0.141. The van der Waals surface area contributed by atoms with E-state index in [1.165, 1.54) is 74.5 Å². The SMILES string of the molecule is CC(=O)Nc1ccc(C(C(=O)C(c2ccc(NC(C)=O)cc2)c2ccc(O)c(O)c2O)c2ccc(O)c(O)c2O)cc1. The molecular weight excluding hydrogens is 544 g/mol. The molecule has 0 aromatic heterocycles. The lowest BCUT2D eigenvalue weighted by molar-refractivity contribution is -0.120. The summed E-state index contributed by atoms with van der Waals surface area (Å²) in [5, 5.41) is 67.4. The summed E-state index contributed by atoms with van der Waals surface area (Å²) in [5.74, 6) is -8.35. The molecule has 4 aromatic carbocycles. The van der Waals surface area contributed by atoms with Crippen molar-refractivity contribution in [3.63, 3.8) is 0 Å². The van der Waals surface area contributed by atoms with Crippen molar-refractivity contribution in [1.29, 1.82) is 0 Å². The van der Waals surface area contributed by atoms with Gasteiger partial charge in [0.2, 0.25) is 23.3 Å². The third-order valence-electron chi connectivity index (χ3n) is 6.64. The van der Waals surface area contributed by atoms with Crippen molar-refractivity contribution in [1.82, 2.24) is 0 Å². The van der Waals surface area contributed by atoms with Crippen LogP contribution in [0.2, 0.25) is 0 Å². The van der Waals surface area contributed by atoms with E-state index in [1.54, 1.807) is 0 Å². The Balaban J connectivity index is 1.94. The van der Waals surface area contributed by atoms with E-state index in [4.69, 9.17) is 0 Å². The molecule has 4 aromatic rings. The summed E-state index contributed by atoms with van der Waals surface area (Å²) < 4.78 is 0. The molecule has 216 valence electrons. The highest BCUT2D eigenvalue weighted by Crippen LogP contribution is 2.48. The van der Waals surface area contributed by atoms with Gasteiger partial charge in [0.1, 0.15) is 0 Å². The molecule has 0 heterocycles. The van der Waals surface area contributed by atoms with Crippen molar-refractivity contribution in [2.45, 2.75) is 25.7 Å². The van der Waals surface area contributed by atoms with Crippen LogP contribution in [0.3, 0.4) is 0 Å². The first kappa shape index (κ1) is 29.3. The predicted octanol–water partition coefficient (Wildman–Crippen LogP) is 4.37. The Morgan fingerprint density at radius 1 is 0.500 bits per heavy atom. The molecule has 0 aliphatic heterocycles. The molecule has 0 spiro atoms. The maximum absolute atomic E-state index is 14.6. The van der Waals surface area contributed by atoms with E-state index in [0.717, 1.165) is 12.1 Å². The Kier molecular flexibility index (Phi) is 8.23. The fourth-order valence-corrected chi connectivity index (χ4v) is 4.72. The van der Waals surface area contributed by atoms with E-state index in [-0.39, 0.29) is 22.9 Å². The second-order valence-corrected chi connectivity index (χ2v) is 9.62. The number of phenolic OH excluding ortho intramolecular Hbond substituents is 6. The number of aromatic hydroxyl groups is 6. The number of benzene rings is 4. The summed E-state index contributed by atoms with van der Waals surface area (Å²) in [6, 6.07) is 17.0. The minimum absolute atomic E-state index is 0.0788. The number of carbonyl (C=O) groups excluding carboxylic acids is 3. The fourth-order valence-electron chi connectivity index (χ4n) is 4.72. The Morgan fingerprint density at radius 2 is 0.833 bits per heavy atom. The molecule has 2 unspecified atom stereocenters. The van der Waals surface area contributed by atoms with Crippen LogP contribution in [0, 0.1) is 0 Å². The lowest BCUT2D eigenvalue weighted by atomic mass is 9.76. The first-order valence-electron chi connectivity index (χ1n) is 12.7. The molecule has 0 saturated carbocycles. The summed E-state index contributed by atoms with van der Waals surface area (Å²) in [6.07, 6.45) is 0. The minimum atomic E-state index is -1.32. The number of Topliss-reactive ketones (excluding diaryl/α,β-unsaturated/α-hetero) is 1. The van der Waals surface area contributed by atoms with Crippen molar-refractivity contribution in [3.05, 3.63) is 95.1 Å². The molecular formula is C31H28N2O9. The molecule has 0 aliphatic rings. The standard InChI is InChI=1S/C31H28N2O9/c1-15(34)32-19-7-3-17(4-8-19)25(21-11-13-23(36)29(40)27(21)38)31(42)26(22-12-14-24(37)30(41)28(22)39)18-5-9-20(10-6-18)33-16(2)35/h3-14,25-26,36-41H,1-2H3,(H,32,34)(H,33,35). The lowest BCUT2D eigenvalue weighted by Gasteiger charge is -2.26. The zero-order valence-electron chi connectivity index (χ0n) is 22.5. The molecule has 2 amide bonds. The first-order valence-corrected chi connectivity index (χ1v) is 12.7. The van der Waals surface area contributed by atoms with Crippen molar-refractivity contribution in [2.24, 2.45) is 0 Å². The van der Waals surface area contributed by atoms with Crippen LogP contribution in [0.1, 0.15) is 47.9 Å². The molecule has 0 aliphatic carbocycles. The highest BCUT2D eigenvalue weighted by molar-refractivity contribution is 5.99. The normalized spacial score (nSPS) is 12.2. The van der Waals surface area contributed by atoms with Crippen molar-refractivity contribution >= 4 is 29.0 Å². The number of hydrogen-bond acceptors (Lipinski definition) is 9. The van der Waals surface area contributed by atoms with Gasteiger partial charge in [-0.3, -0.25) is 14.4 Å². The van der Waals surface area contributed by atoms with E-state index in [0.29, 0.717) is 22.5 Å². The van der Waals surface area contributed by atoms with Crippen LogP contribution < -0.4 is 10.6 Å². The molecule has 2 atom stereocenters. The predicted molar refractivity (Wildman–Crippen MR) is 153 cm³/mol. The van der Waals surface area contributed by atoms with E-state index < -0.39 is 52.1 Å². The van der Waals surface area contributed by atoms with Crippen molar-refractivity contribution in [2.75, 3.05) is 10.6 Å². The van der Waals surface area contributed by atoms with Crippen LogP contribution in [-0.4, -0.2) is 48.2 Å². The van der Waals surface area contributed by atoms with Crippen LogP contribution in [0.25, 0.3) is 0 Å². The van der Waals surface area contributed by atoms with E-state index in [9.17, 15) is 45.0 Å². The summed E-state index contributed by atoms with van der Waals surface area (Å²) in [7, 11) is 0. The molecule has 4 rings (SSSR count). The molecule has 0 fully saturated rings. The highest BCUT2D eigenvalue weighted by atomic mass is 16.3. The number of carbonyl (C=O) groups is 3. The highest BCUT2D eigenvalue weighted by Gasteiger charge is 2.36. The van der Waals surface area contributed by atoms with Gasteiger partial charge in [0.15, 0.2) is 28.8 Å². The second kappa shape index (κ2) is 11.8. The van der Waals surface area contributed by atoms with Gasteiger partial charge in [0.25, 0.3) is 0 Å². The van der Waals surface area contributed by atoms with Crippen LogP contribution in [0.5, 0.6) is 34.5 Å². The van der Waals surface area contributed by atoms with Gasteiger partial charge in [-0.05, 0) is 47.5 Å². The van der Waals surface area contributed by atoms with Gasteiger partial charge in [0.05, 0.1) is 11.8 Å². The Hall–Kier alpha value is -5.71. The van der Waals surface area contributed by atoms with Gasteiger partial charge in [-0.2, -0.15) is 0 Å². The summed E-state index contributed by atoms with van der Waals surface area (Å²) in [5.41, 5.74) is 1.34. The van der Waals surface area contributed by atoms with E-state index in [2.05, 4.69) is 10.6 Å². The molecule has 8 N–H and O–H groups in total.